The third-order valence-corrected chi connectivity index (χ3v) is 7.36. The Hall–Kier alpha value is -3.48. The molecule has 184 valence electrons. The molecule has 0 fully saturated rings. The van der Waals surface area contributed by atoms with Gasteiger partial charge in [-0.25, -0.2) is 22.7 Å². The normalized spacial score (nSPS) is 13.5. The van der Waals surface area contributed by atoms with Gasteiger partial charge in [0, 0.05) is 28.8 Å². The number of hydrogen-bond acceptors (Lipinski definition) is 7. The predicted octanol–water partition coefficient (Wildman–Crippen LogP) is 3.69. The molecule has 2 aromatic carbocycles. The molecule has 13 heteroatoms. The van der Waals surface area contributed by atoms with Gasteiger partial charge in [-0.05, 0) is 41.8 Å². The molecule has 0 saturated carbocycles. The topological polar surface area (TPSA) is 143 Å². The van der Waals surface area contributed by atoms with Crippen LogP contribution in [0.3, 0.4) is 0 Å². The van der Waals surface area contributed by atoms with Crippen LogP contribution in [0.4, 0.5) is 4.39 Å². The number of methoxy groups -OCH3 is 1. The summed E-state index contributed by atoms with van der Waals surface area (Å²) in [6, 6.07) is 5.66. The number of H-pyrrole nitrogens is 2. The van der Waals surface area contributed by atoms with E-state index in [0.717, 1.165) is 5.56 Å². The van der Waals surface area contributed by atoms with Crippen LogP contribution in [-0.2, 0) is 10.0 Å². The Bertz CT molecular complexity index is 1520. The summed E-state index contributed by atoms with van der Waals surface area (Å²) < 4.78 is 54.7. The fraction of sp³-hybridized carbons (Fsp3) is 0.227. The number of aromatic amines is 2. The van der Waals surface area contributed by atoms with Crippen molar-refractivity contribution in [1.82, 2.24) is 25.1 Å². The van der Waals surface area contributed by atoms with Crippen molar-refractivity contribution in [3.05, 3.63) is 81.1 Å². The van der Waals surface area contributed by atoms with E-state index in [4.69, 9.17) is 20.8 Å². The van der Waals surface area contributed by atoms with Gasteiger partial charge >= 0.3 is 5.76 Å². The highest BCUT2D eigenvalue weighted by Gasteiger charge is 2.34. The number of benzene rings is 2. The molecule has 0 aliphatic carbocycles. The van der Waals surface area contributed by atoms with Crippen molar-refractivity contribution in [2.75, 3.05) is 7.11 Å². The van der Waals surface area contributed by atoms with Gasteiger partial charge in [0.05, 0.1) is 13.3 Å². The SMILES string of the molecule is COc1cc(Cl)ccc1S(=O)(=O)N[C@H](c1n[nH]c(=O)o1)[C@H](C)c1c(F)ccc(-c2cn[nH]c2)c1C. The number of sulfonamides is 1. The third-order valence-electron chi connectivity index (χ3n) is 5.64. The molecule has 4 aromatic rings. The third kappa shape index (κ3) is 4.85. The first-order valence-electron chi connectivity index (χ1n) is 10.3. The number of nitrogens with one attached hydrogen (secondary N) is 3. The van der Waals surface area contributed by atoms with Gasteiger partial charge in [0.2, 0.25) is 15.9 Å². The summed E-state index contributed by atoms with van der Waals surface area (Å²) in [5, 5.41) is 12.8. The first-order valence-corrected chi connectivity index (χ1v) is 12.2. The van der Waals surface area contributed by atoms with Crippen molar-refractivity contribution in [3.63, 3.8) is 0 Å². The zero-order valence-electron chi connectivity index (χ0n) is 18.8. The van der Waals surface area contributed by atoms with E-state index in [1.165, 1.54) is 31.4 Å². The molecule has 0 saturated heterocycles. The van der Waals surface area contributed by atoms with Gasteiger partial charge in [0.1, 0.15) is 22.5 Å². The van der Waals surface area contributed by atoms with E-state index in [2.05, 4.69) is 25.1 Å². The highest BCUT2D eigenvalue weighted by molar-refractivity contribution is 7.89. The largest absolute Gasteiger partial charge is 0.495 e. The Labute approximate surface area is 204 Å². The van der Waals surface area contributed by atoms with Gasteiger partial charge in [-0.3, -0.25) is 5.10 Å². The molecule has 2 atom stereocenters. The molecule has 0 bridgehead atoms. The molecule has 0 aliphatic rings. The Morgan fingerprint density at radius 2 is 2.03 bits per heavy atom. The van der Waals surface area contributed by atoms with E-state index in [0.29, 0.717) is 11.1 Å². The minimum absolute atomic E-state index is 0.00389. The van der Waals surface area contributed by atoms with E-state index in [-0.39, 0.29) is 27.1 Å². The molecule has 4 rings (SSSR count). The average molecular weight is 522 g/mol. The predicted molar refractivity (Wildman–Crippen MR) is 125 cm³/mol. The monoisotopic (exact) mass is 521 g/mol. The van der Waals surface area contributed by atoms with Crippen LogP contribution in [0.5, 0.6) is 5.75 Å². The zero-order chi connectivity index (χ0) is 25.3. The maximum Gasteiger partial charge on any atom is 0.434 e. The Morgan fingerprint density at radius 3 is 2.66 bits per heavy atom. The smallest absolute Gasteiger partial charge is 0.434 e. The maximum atomic E-state index is 15.2. The molecule has 2 aromatic heterocycles. The van der Waals surface area contributed by atoms with Gasteiger partial charge in [-0.15, -0.1) is 5.10 Å². The summed E-state index contributed by atoms with van der Waals surface area (Å²) >= 11 is 5.97. The number of nitrogens with zero attached hydrogens (tertiary/aromatic N) is 2. The highest BCUT2D eigenvalue weighted by atomic mass is 35.5. The molecule has 35 heavy (non-hydrogen) atoms. The fourth-order valence-electron chi connectivity index (χ4n) is 3.97. The number of rotatable bonds is 8. The van der Waals surface area contributed by atoms with Gasteiger partial charge in [0.25, 0.3) is 0 Å². The van der Waals surface area contributed by atoms with Crippen LogP contribution in [0.1, 0.15) is 35.9 Å². The van der Waals surface area contributed by atoms with Crippen molar-refractivity contribution in [2.45, 2.75) is 30.7 Å². The van der Waals surface area contributed by atoms with E-state index >= 15 is 4.39 Å². The number of hydrogen-bond donors (Lipinski definition) is 3. The lowest BCUT2D eigenvalue weighted by Gasteiger charge is -2.25. The highest BCUT2D eigenvalue weighted by Crippen LogP contribution is 2.38. The van der Waals surface area contributed by atoms with Crippen molar-refractivity contribution in [2.24, 2.45) is 0 Å². The van der Waals surface area contributed by atoms with E-state index < -0.39 is 33.6 Å². The molecular formula is C22H21ClFN5O5S. The van der Waals surface area contributed by atoms with Gasteiger partial charge in [0.15, 0.2) is 0 Å². The van der Waals surface area contributed by atoms with E-state index in [1.54, 1.807) is 32.3 Å². The molecule has 3 N–H and O–H groups in total. The maximum absolute atomic E-state index is 15.2. The lowest BCUT2D eigenvalue weighted by molar-refractivity contribution is 0.374. The molecule has 0 spiro atoms. The van der Waals surface area contributed by atoms with E-state index in [9.17, 15) is 13.2 Å². The number of aromatic nitrogens is 4. The van der Waals surface area contributed by atoms with Crippen molar-refractivity contribution in [1.29, 1.82) is 0 Å². The Balaban J connectivity index is 1.82. The van der Waals surface area contributed by atoms with E-state index in [1.807, 2.05) is 0 Å². The lowest BCUT2D eigenvalue weighted by atomic mass is 9.86. The molecule has 0 amide bonds. The van der Waals surface area contributed by atoms with Crippen LogP contribution in [0, 0.1) is 12.7 Å². The van der Waals surface area contributed by atoms with Crippen LogP contribution in [0.15, 0.2) is 56.8 Å². The molecule has 0 radical (unpaired) electrons. The van der Waals surface area contributed by atoms with Gasteiger partial charge in [-0.1, -0.05) is 24.6 Å². The molecule has 10 nitrogen and oxygen atoms in total. The molecule has 0 aliphatic heterocycles. The second kappa shape index (κ2) is 9.64. The first-order chi connectivity index (χ1) is 16.6. The second-order valence-electron chi connectivity index (χ2n) is 7.75. The summed E-state index contributed by atoms with van der Waals surface area (Å²) in [6.07, 6.45) is 3.25. The fourth-order valence-corrected chi connectivity index (χ4v) is 5.55. The van der Waals surface area contributed by atoms with Crippen molar-refractivity contribution in [3.8, 4) is 16.9 Å². The summed E-state index contributed by atoms with van der Waals surface area (Å²) in [5.74, 6) is -2.56. The zero-order valence-corrected chi connectivity index (χ0v) is 20.4. The van der Waals surface area contributed by atoms with Gasteiger partial charge in [-0.2, -0.15) is 9.82 Å². The van der Waals surface area contributed by atoms with Crippen LogP contribution >= 0.6 is 11.6 Å². The Morgan fingerprint density at radius 1 is 1.26 bits per heavy atom. The molecular weight excluding hydrogens is 501 g/mol. The summed E-state index contributed by atoms with van der Waals surface area (Å²) in [6.45, 7) is 3.32. The Kier molecular flexibility index (Phi) is 6.79. The quantitative estimate of drug-likeness (QED) is 0.321. The van der Waals surface area contributed by atoms with Crippen LogP contribution in [0.2, 0.25) is 5.02 Å². The standard InChI is InChI=1S/C22H21ClFN5O5S/c1-11-15(13-9-25-26-10-13)5-6-16(24)19(11)12(2)20(21-27-28-22(30)34-21)29-35(31,32)18-7-4-14(23)8-17(18)33-3/h4-10,12,20,29H,1-3H3,(H,25,26)(H,28,30)/t12-,20+/m1/s1. The number of halogens is 2. The van der Waals surface area contributed by atoms with Crippen LogP contribution in [0.25, 0.3) is 11.1 Å². The molecule has 2 heterocycles. The summed E-state index contributed by atoms with van der Waals surface area (Å²) in [4.78, 5) is 11.5. The number of ether oxygens (including phenoxy) is 1. The van der Waals surface area contributed by atoms with Gasteiger partial charge < -0.3 is 9.15 Å². The van der Waals surface area contributed by atoms with Crippen LogP contribution in [-0.4, -0.2) is 35.9 Å². The first kappa shape index (κ1) is 24.6. The van der Waals surface area contributed by atoms with Crippen LogP contribution < -0.4 is 15.2 Å². The summed E-state index contributed by atoms with van der Waals surface area (Å²) in [5.41, 5.74) is 2.20. The van der Waals surface area contributed by atoms with Crippen molar-refractivity contribution >= 4 is 21.6 Å². The molecule has 0 unspecified atom stereocenters. The average Bonchev–Trinajstić information content (AvgIpc) is 3.49. The second-order valence-corrected chi connectivity index (χ2v) is 9.87. The van der Waals surface area contributed by atoms with Crippen molar-refractivity contribution < 1.29 is 22.0 Å². The lowest BCUT2D eigenvalue weighted by Crippen LogP contribution is -2.33. The minimum atomic E-state index is -4.28. The minimum Gasteiger partial charge on any atom is -0.495 e. The summed E-state index contributed by atoms with van der Waals surface area (Å²) in [7, 11) is -2.97.